The van der Waals surface area contributed by atoms with Crippen molar-refractivity contribution in [2.75, 3.05) is 0 Å². The van der Waals surface area contributed by atoms with Crippen LogP contribution in [-0.2, 0) is 21.0 Å². The van der Waals surface area contributed by atoms with Crippen LogP contribution in [0.5, 0.6) is 0 Å². The van der Waals surface area contributed by atoms with Crippen molar-refractivity contribution in [2.45, 2.75) is 111 Å². The molecule has 8 bridgehead atoms. The average Bonchev–Trinajstić information content (AvgIpc) is 3.62. The van der Waals surface area contributed by atoms with E-state index >= 15 is 0 Å². The van der Waals surface area contributed by atoms with E-state index in [1.54, 1.807) is 48.6 Å². The van der Waals surface area contributed by atoms with E-state index in [0.29, 0.717) is 67.5 Å². The van der Waals surface area contributed by atoms with Crippen LogP contribution in [-0.4, -0.2) is 29.9 Å². The molecule has 2 aliphatic heterocycles. The van der Waals surface area contributed by atoms with E-state index in [1.807, 2.05) is 0 Å². The summed E-state index contributed by atoms with van der Waals surface area (Å²) in [6.45, 7) is 35.0. The van der Waals surface area contributed by atoms with Gasteiger partial charge in [-0.15, -0.1) is 0 Å². The summed E-state index contributed by atoms with van der Waals surface area (Å²) in [6, 6.07) is 7.12. The number of fused-ring (bicyclic) bond motifs is 8. The van der Waals surface area contributed by atoms with Gasteiger partial charge >= 0.3 is 21.0 Å². The molecule has 0 saturated carbocycles. The van der Waals surface area contributed by atoms with Crippen molar-refractivity contribution in [3.05, 3.63) is 47.6 Å². The van der Waals surface area contributed by atoms with Gasteiger partial charge in [-0.2, -0.15) is 0 Å². The third kappa shape index (κ3) is 27.1. The Morgan fingerprint density at radius 1 is 0.370 bits per heavy atom. The minimum atomic E-state index is 0.500. The molecule has 0 amide bonds. The Labute approximate surface area is 287 Å². The van der Waals surface area contributed by atoms with Gasteiger partial charge in [0, 0.05) is 22.6 Å². The van der Waals surface area contributed by atoms with Crippen molar-refractivity contribution in [3.63, 3.8) is 0 Å². The van der Waals surface area contributed by atoms with Crippen molar-refractivity contribution in [1.29, 1.82) is 0 Å². The van der Waals surface area contributed by atoms with E-state index in [2.05, 4.69) is 151 Å². The second-order valence-electron chi connectivity index (χ2n) is 17.1. The van der Waals surface area contributed by atoms with Crippen LogP contribution in [0.4, 0.5) is 0 Å². The van der Waals surface area contributed by atoms with E-state index in [1.165, 1.54) is 0 Å². The van der Waals surface area contributed by atoms with Gasteiger partial charge in [-0.1, -0.05) is 111 Å². The molecular weight excluding hydrogens is 611 g/mol. The Balaban J connectivity index is 0.000000759. The Bertz CT molecular complexity index is 1310. The van der Waals surface area contributed by atoms with Crippen LogP contribution in [0.1, 0.15) is 134 Å². The van der Waals surface area contributed by atoms with E-state index < -0.39 is 0 Å². The van der Waals surface area contributed by atoms with Crippen LogP contribution in [0.3, 0.4) is 0 Å². The Morgan fingerprint density at radius 3 is 0.674 bits per heavy atom. The first-order valence-corrected chi connectivity index (χ1v) is 16.0. The van der Waals surface area contributed by atoms with Crippen molar-refractivity contribution in [2.24, 2.45) is 21.7 Å². The fraction of sp³-hybridized carbons (Fsp3) is 0.556. The van der Waals surface area contributed by atoms with Gasteiger partial charge < -0.3 is 29.9 Å². The average molecular weight is 668 g/mol. The van der Waals surface area contributed by atoms with Gasteiger partial charge in [-0.05, 0) is 70.2 Å². The molecule has 0 N–H and O–H groups in total. The number of hydrogen-bond donors (Lipinski definition) is 0. The number of nitrogens with zero attached hydrogens (tertiary/aromatic N) is 8. The zero-order valence-electron chi connectivity index (χ0n) is 31.1. The molecular formula is C36H56N8OV. The molecule has 0 spiro atoms. The van der Waals surface area contributed by atoms with Gasteiger partial charge in [0.15, 0.2) is 0 Å². The monoisotopic (exact) mass is 667 g/mol. The number of hydrogen-bond acceptors (Lipinski definition) is 7. The molecule has 0 saturated heterocycles. The van der Waals surface area contributed by atoms with Gasteiger partial charge in [-0.3, -0.25) is 0 Å². The van der Waals surface area contributed by atoms with Crippen molar-refractivity contribution < 1.29 is 21.0 Å². The molecule has 0 aromatic carbocycles. The molecule has 10 heteroatoms. The zero-order chi connectivity index (χ0) is 35.9. The first-order valence-electron chi connectivity index (χ1n) is 15.4. The molecule has 5 rings (SSSR count). The summed E-state index contributed by atoms with van der Waals surface area (Å²) in [7, 11) is 0. The summed E-state index contributed by atoms with van der Waals surface area (Å²) in [5.74, 6) is 2.15. The predicted molar refractivity (Wildman–Crippen MR) is 189 cm³/mol. The third-order valence-corrected chi connectivity index (χ3v) is 3.36. The van der Waals surface area contributed by atoms with Crippen LogP contribution in [0.25, 0.3) is 46.9 Å². The molecule has 46 heavy (non-hydrogen) atoms. The third-order valence-electron chi connectivity index (χ3n) is 3.36. The zero-order valence-corrected chi connectivity index (χ0v) is 32.4. The van der Waals surface area contributed by atoms with Crippen LogP contribution < -0.4 is 9.97 Å². The quantitative estimate of drug-likeness (QED) is 0.159. The minimum absolute atomic E-state index is 0.500. The van der Waals surface area contributed by atoms with Crippen LogP contribution in [0.15, 0.2) is 24.3 Å². The maximum atomic E-state index is 8.19. The van der Waals surface area contributed by atoms with Crippen molar-refractivity contribution >= 4 is 46.9 Å². The molecule has 0 atom stereocenters. The molecule has 5 heterocycles. The first kappa shape index (κ1) is 42.7. The van der Waals surface area contributed by atoms with Crippen molar-refractivity contribution in [3.8, 4) is 0 Å². The maximum absolute atomic E-state index is 8.19. The molecule has 0 radical (unpaired) electrons. The Morgan fingerprint density at radius 2 is 0.522 bits per heavy atom. The van der Waals surface area contributed by atoms with Crippen LogP contribution in [0.2, 0.25) is 0 Å². The second kappa shape index (κ2) is 18.8. The SMILES string of the molecule is C1=Cc2nc1nc1ccc(nc3nc(nc4ccc(n2)[n-]4)C=C3)[n-]1.CC(C)(C)C.CC(C)(C)C.CC(C)(C)C.CC(C)(C)C.[O]=[V+2]. The molecule has 251 valence electrons. The number of aromatic nitrogens is 8. The molecule has 0 fully saturated rings. The Hall–Kier alpha value is -3.30. The molecule has 9 nitrogen and oxygen atoms in total. The summed E-state index contributed by atoms with van der Waals surface area (Å²) >= 11 is 1.06. The normalized spacial score (nSPS) is 12.0. The van der Waals surface area contributed by atoms with Gasteiger partial charge in [0.25, 0.3) is 0 Å². The standard InChI is InChI=1S/C16H8N8.4C5H12.O.V/c1-2-10-17-9(1)21-11-3-4-13(18-11)23-15-7-8-16(20-15)24-14-6-5-12(19-14)22-10;4*1-5(2,3)4;;/h1-8H;4*1-4H3;;/q-2;;;;;;+2. The van der Waals surface area contributed by atoms with Gasteiger partial charge in [-0.25, -0.2) is 9.97 Å². The molecule has 3 aromatic rings. The van der Waals surface area contributed by atoms with E-state index in [4.69, 9.17) is 3.67 Å². The van der Waals surface area contributed by atoms with Crippen molar-refractivity contribution in [1.82, 2.24) is 39.9 Å². The van der Waals surface area contributed by atoms with Crippen LogP contribution >= 0.6 is 0 Å². The van der Waals surface area contributed by atoms with E-state index in [0.717, 1.165) is 17.4 Å². The summed E-state index contributed by atoms with van der Waals surface area (Å²) in [5.41, 5.74) is 4.15. The summed E-state index contributed by atoms with van der Waals surface area (Å²) in [5, 5.41) is 0. The topological polar surface area (TPSA) is 123 Å². The molecule has 2 aliphatic rings. The fourth-order valence-corrected chi connectivity index (χ4v) is 2.33. The van der Waals surface area contributed by atoms with Gasteiger partial charge in [0.2, 0.25) is 0 Å². The fourth-order valence-electron chi connectivity index (χ4n) is 2.33. The van der Waals surface area contributed by atoms with Crippen LogP contribution in [0, 0.1) is 21.7 Å². The van der Waals surface area contributed by atoms with E-state index in [9.17, 15) is 0 Å². The summed E-state index contributed by atoms with van der Waals surface area (Å²) in [4.78, 5) is 34.8. The molecule has 0 aliphatic carbocycles. The summed E-state index contributed by atoms with van der Waals surface area (Å²) in [6.07, 6.45) is 7.12. The van der Waals surface area contributed by atoms with Gasteiger partial charge in [0.05, 0.1) is 23.3 Å². The number of rotatable bonds is 0. The molecule has 3 aromatic heterocycles. The first-order chi connectivity index (χ1) is 20.8. The second-order valence-corrected chi connectivity index (χ2v) is 17.1. The molecule has 0 unspecified atom stereocenters. The van der Waals surface area contributed by atoms with Gasteiger partial charge in [0.1, 0.15) is 0 Å². The van der Waals surface area contributed by atoms with E-state index in [-0.39, 0.29) is 0 Å². The summed E-state index contributed by atoms with van der Waals surface area (Å²) < 4.78 is 8.19. The predicted octanol–water partition coefficient (Wildman–Crippen LogP) is 9.58. The Kier molecular flexibility index (Phi) is 17.4.